The number of sulfonamides is 1. The first-order chi connectivity index (χ1) is 17.8. The predicted octanol–water partition coefficient (Wildman–Crippen LogP) is 5.48. The topological polar surface area (TPSA) is 102 Å². The molecule has 1 aromatic heterocycles. The second-order valence-electron chi connectivity index (χ2n) is 9.27. The molecule has 0 fully saturated rings. The maximum absolute atomic E-state index is 13.6. The number of rotatable bonds is 9. The Balaban J connectivity index is 2.00. The van der Waals surface area contributed by atoms with E-state index in [1.165, 1.54) is 37.6 Å². The molecule has 0 saturated heterocycles. The standard InChI is InChI=1S/C28H28FNO6S2/c1-5-25(31)27-23-16-22(20-8-6-7-18(15-20)13-14-37(3,32)33)24(30(2)38(4,34)35)17-26(23)36-28(27)19-9-11-21(29)12-10-19/h6-12,15-17H,5,13-14H2,1-4H3. The molecule has 0 saturated carbocycles. The SMILES string of the molecule is CCC(=O)c1c(-c2ccc(F)cc2)oc2cc(N(C)S(C)(=O)=O)c(-c3cccc(CCS(C)(=O)=O)c3)cc12. The monoisotopic (exact) mass is 557 g/mol. The average Bonchev–Trinajstić information content (AvgIpc) is 3.24. The molecular formula is C28H28FNO6S2. The number of carbonyl (C=O) groups is 1. The number of hydrogen-bond acceptors (Lipinski definition) is 6. The van der Waals surface area contributed by atoms with Crippen LogP contribution in [0.2, 0.25) is 0 Å². The van der Waals surface area contributed by atoms with Crippen molar-refractivity contribution in [3.63, 3.8) is 0 Å². The lowest BCUT2D eigenvalue weighted by Gasteiger charge is -2.21. The van der Waals surface area contributed by atoms with Crippen LogP contribution in [0.1, 0.15) is 29.3 Å². The van der Waals surface area contributed by atoms with Gasteiger partial charge in [-0.2, -0.15) is 0 Å². The van der Waals surface area contributed by atoms with Crippen molar-refractivity contribution in [1.29, 1.82) is 0 Å². The first kappa shape index (κ1) is 27.5. The summed E-state index contributed by atoms with van der Waals surface area (Å²) in [6, 6.07) is 16.1. The molecule has 4 aromatic rings. The van der Waals surface area contributed by atoms with Gasteiger partial charge in [-0.25, -0.2) is 21.2 Å². The zero-order valence-electron chi connectivity index (χ0n) is 21.5. The second kappa shape index (κ2) is 10.3. The summed E-state index contributed by atoms with van der Waals surface area (Å²) >= 11 is 0. The van der Waals surface area contributed by atoms with Crippen LogP contribution in [-0.2, 0) is 26.3 Å². The molecule has 0 amide bonds. The van der Waals surface area contributed by atoms with Crippen LogP contribution in [0.15, 0.2) is 65.1 Å². The quantitative estimate of drug-likeness (QED) is 0.253. The van der Waals surface area contributed by atoms with Crippen molar-refractivity contribution >= 4 is 42.3 Å². The third kappa shape index (κ3) is 5.81. The molecule has 1 heterocycles. The Labute approximate surface area is 221 Å². The van der Waals surface area contributed by atoms with Crippen molar-refractivity contribution in [3.05, 3.63) is 77.6 Å². The van der Waals surface area contributed by atoms with E-state index in [0.29, 0.717) is 45.3 Å². The fourth-order valence-electron chi connectivity index (χ4n) is 4.26. The van der Waals surface area contributed by atoms with E-state index in [9.17, 15) is 26.0 Å². The largest absolute Gasteiger partial charge is 0.455 e. The maximum atomic E-state index is 13.6. The smallest absolute Gasteiger partial charge is 0.232 e. The van der Waals surface area contributed by atoms with Crippen LogP contribution >= 0.6 is 0 Å². The Hall–Kier alpha value is -3.50. The molecule has 0 N–H and O–H groups in total. The fraction of sp³-hybridized carbons (Fsp3) is 0.250. The highest BCUT2D eigenvalue weighted by molar-refractivity contribution is 7.92. The van der Waals surface area contributed by atoms with Crippen molar-refractivity contribution in [2.75, 3.05) is 29.6 Å². The molecule has 0 bridgehead atoms. The Morgan fingerprint density at radius 1 is 0.947 bits per heavy atom. The fourth-order valence-corrected chi connectivity index (χ4v) is 5.37. The van der Waals surface area contributed by atoms with Gasteiger partial charge < -0.3 is 4.42 Å². The molecular weight excluding hydrogens is 529 g/mol. The van der Waals surface area contributed by atoms with Gasteiger partial charge in [0.25, 0.3) is 0 Å². The minimum absolute atomic E-state index is 0.0243. The predicted molar refractivity (Wildman–Crippen MR) is 148 cm³/mol. The molecule has 4 rings (SSSR count). The van der Waals surface area contributed by atoms with E-state index in [1.807, 2.05) is 12.1 Å². The van der Waals surface area contributed by atoms with Gasteiger partial charge in [-0.3, -0.25) is 9.10 Å². The van der Waals surface area contributed by atoms with Gasteiger partial charge in [0, 0.05) is 42.3 Å². The zero-order valence-corrected chi connectivity index (χ0v) is 23.1. The van der Waals surface area contributed by atoms with Crippen molar-refractivity contribution in [2.45, 2.75) is 19.8 Å². The van der Waals surface area contributed by atoms with Crippen LogP contribution in [0.25, 0.3) is 33.4 Å². The summed E-state index contributed by atoms with van der Waals surface area (Å²) in [5.41, 5.74) is 3.44. The number of hydrogen-bond donors (Lipinski definition) is 0. The van der Waals surface area contributed by atoms with Crippen LogP contribution in [-0.4, -0.2) is 47.9 Å². The van der Waals surface area contributed by atoms with E-state index in [1.54, 1.807) is 31.2 Å². The Kier molecular flexibility index (Phi) is 7.49. The van der Waals surface area contributed by atoms with E-state index >= 15 is 0 Å². The van der Waals surface area contributed by atoms with E-state index in [2.05, 4.69) is 0 Å². The molecule has 10 heteroatoms. The molecule has 0 aliphatic heterocycles. The van der Waals surface area contributed by atoms with Crippen LogP contribution in [0.5, 0.6) is 0 Å². The lowest BCUT2D eigenvalue weighted by atomic mass is 9.95. The van der Waals surface area contributed by atoms with Gasteiger partial charge >= 0.3 is 0 Å². The number of ketones is 1. The Morgan fingerprint density at radius 3 is 2.24 bits per heavy atom. The summed E-state index contributed by atoms with van der Waals surface area (Å²) in [6.45, 7) is 1.73. The number of nitrogens with zero attached hydrogens (tertiary/aromatic N) is 1. The first-order valence-electron chi connectivity index (χ1n) is 11.9. The van der Waals surface area contributed by atoms with Crippen LogP contribution in [0, 0.1) is 5.82 Å². The lowest BCUT2D eigenvalue weighted by molar-refractivity contribution is 0.0989. The Bertz CT molecular complexity index is 1740. The van der Waals surface area contributed by atoms with Gasteiger partial charge in [-0.1, -0.05) is 31.2 Å². The summed E-state index contributed by atoms with van der Waals surface area (Å²) in [6.07, 6.45) is 2.76. The highest BCUT2D eigenvalue weighted by atomic mass is 32.2. The highest BCUT2D eigenvalue weighted by Crippen LogP contribution is 2.41. The molecule has 0 unspecified atom stereocenters. The number of halogens is 1. The third-order valence-corrected chi connectivity index (χ3v) is 8.49. The van der Waals surface area contributed by atoms with Crippen LogP contribution in [0.3, 0.4) is 0 Å². The molecule has 3 aromatic carbocycles. The molecule has 0 atom stereocenters. The number of sulfone groups is 1. The molecule has 0 radical (unpaired) electrons. The van der Waals surface area contributed by atoms with Gasteiger partial charge in [0.2, 0.25) is 10.0 Å². The van der Waals surface area contributed by atoms with Gasteiger partial charge in [-0.15, -0.1) is 0 Å². The van der Waals surface area contributed by atoms with Gasteiger partial charge in [0.1, 0.15) is 27.0 Å². The summed E-state index contributed by atoms with van der Waals surface area (Å²) in [4.78, 5) is 13.1. The minimum atomic E-state index is -3.67. The molecule has 38 heavy (non-hydrogen) atoms. The number of benzene rings is 3. The van der Waals surface area contributed by atoms with E-state index < -0.39 is 25.7 Å². The van der Waals surface area contributed by atoms with Crippen molar-refractivity contribution in [1.82, 2.24) is 0 Å². The number of anilines is 1. The van der Waals surface area contributed by atoms with Gasteiger partial charge in [0.05, 0.1) is 23.3 Å². The van der Waals surface area contributed by atoms with Crippen LogP contribution < -0.4 is 4.31 Å². The summed E-state index contributed by atoms with van der Waals surface area (Å²) in [5, 5.41) is 0.498. The van der Waals surface area contributed by atoms with Crippen molar-refractivity contribution < 1.29 is 30.4 Å². The number of furan rings is 1. The van der Waals surface area contributed by atoms with Gasteiger partial charge in [0.15, 0.2) is 5.78 Å². The Morgan fingerprint density at radius 2 is 1.63 bits per heavy atom. The van der Waals surface area contributed by atoms with Crippen molar-refractivity contribution in [2.24, 2.45) is 0 Å². The summed E-state index contributed by atoms with van der Waals surface area (Å²) in [7, 11) is -5.42. The minimum Gasteiger partial charge on any atom is -0.455 e. The third-order valence-electron chi connectivity index (χ3n) is 6.35. The second-order valence-corrected chi connectivity index (χ2v) is 13.5. The van der Waals surface area contributed by atoms with Crippen LogP contribution in [0.4, 0.5) is 10.1 Å². The molecule has 0 spiro atoms. The summed E-state index contributed by atoms with van der Waals surface area (Å²) in [5.74, 6) is -0.355. The zero-order chi connectivity index (χ0) is 27.8. The first-order valence-corrected chi connectivity index (χ1v) is 15.8. The molecule has 0 aliphatic carbocycles. The number of fused-ring (bicyclic) bond motifs is 1. The van der Waals surface area contributed by atoms with E-state index in [0.717, 1.165) is 16.1 Å². The number of aryl methyl sites for hydroxylation is 1. The summed E-state index contributed by atoms with van der Waals surface area (Å²) < 4.78 is 69.3. The van der Waals surface area contributed by atoms with Gasteiger partial charge in [-0.05, 0) is 47.9 Å². The maximum Gasteiger partial charge on any atom is 0.232 e. The van der Waals surface area contributed by atoms with E-state index in [-0.39, 0.29) is 23.7 Å². The molecule has 200 valence electrons. The average molecular weight is 558 g/mol. The number of carbonyl (C=O) groups excluding carboxylic acids is 1. The molecule has 7 nitrogen and oxygen atoms in total. The normalized spacial score (nSPS) is 12.1. The van der Waals surface area contributed by atoms with E-state index in [4.69, 9.17) is 4.42 Å². The lowest BCUT2D eigenvalue weighted by Crippen LogP contribution is -2.25. The molecule has 0 aliphatic rings. The van der Waals surface area contributed by atoms with Crippen molar-refractivity contribution in [3.8, 4) is 22.5 Å². The number of Topliss-reactive ketones (excluding diaryl/α,β-unsaturated/α-hetero) is 1. The highest BCUT2D eigenvalue weighted by Gasteiger charge is 2.25.